The molecule has 1 N–H and O–H groups in total. The second kappa shape index (κ2) is 7.18. The molecule has 0 unspecified atom stereocenters. The van der Waals surface area contributed by atoms with Gasteiger partial charge in [0, 0.05) is 17.2 Å². The third-order valence-electron chi connectivity index (χ3n) is 3.33. The van der Waals surface area contributed by atoms with Crippen molar-refractivity contribution in [3.63, 3.8) is 0 Å². The van der Waals surface area contributed by atoms with E-state index in [1.165, 1.54) is 6.07 Å². The maximum absolute atomic E-state index is 13.4. The van der Waals surface area contributed by atoms with Gasteiger partial charge in [0.05, 0.1) is 12.2 Å². The fourth-order valence-electron chi connectivity index (χ4n) is 2.20. The first-order valence-corrected chi connectivity index (χ1v) is 7.92. The molecule has 0 fully saturated rings. The Morgan fingerprint density at radius 2 is 2.14 bits per heavy atom. The van der Waals surface area contributed by atoms with E-state index in [0.717, 1.165) is 34.6 Å². The summed E-state index contributed by atoms with van der Waals surface area (Å²) in [5, 5.41) is 3.42. The van der Waals surface area contributed by atoms with E-state index in [1.807, 2.05) is 13.1 Å². The largest absolute Gasteiger partial charge is 0.327 e. The Hall–Kier alpha value is -1.20. The number of nitrogens with one attached hydrogen (secondary N) is 1. The first-order chi connectivity index (χ1) is 9.97. The van der Waals surface area contributed by atoms with Gasteiger partial charge in [0.1, 0.15) is 11.6 Å². The molecule has 0 bridgehead atoms. The number of nitrogens with zero attached hydrogens (tertiary/aromatic N) is 2. The van der Waals surface area contributed by atoms with Gasteiger partial charge >= 0.3 is 0 Å². The highest BCUT2D eigenvalue weighted by atomic mass is 79.9. The molecular formula is C16H21BrFN3. The molecule has 1 aromatic carbocycles. The van der Waals surface area contributed by atoms with Gasteiger partial charge in [-0.05, 0) is 43.1 Å². The zero-order chi connectivity index (χ0) is 15.4. The minimum atomic E-state index is -0.217. The predicted molar refractivity (Wildman–Crippen MR) is 86.7 cm³/mol. The van der Waals surface area contributed by atoms with Crippen molar-refractivity contribution in [3.8, 4) is 0 Å². The summed E-state index contributed by atoms with van der Waals surface area (Å²) < 4.78 is 16.4. The Morgan fingerprint density at radius 3 is 2.86 bits per heavy atom. The second-order valence-electron chi connectivity index (χ2n) is 5.64. The molecule has 0 aliphatic heterocycles. The van der Waals surface area contributed by atoms with Gasteiger partial charge in [-0.25, -0.2) is 9.37 Å². The van der Waals surface area contributed by atoms with Crippen molar-refractivity contribution in [1.29, 1.82) is 0 Å². The normalized spacial score (nSPS) is 11.3. The standard InChI is InChI=1S/C16H21BrFN3/c1-11(2)7-19-8-15-9-20-12(3)21(15)10-13-6-14(18)4-5-16(13)17/h4-6,9,11,19H,7-8,10H2,1-3H3. The number of rotatable bonds is 6. The highest BCUT2D eigenvalue weighted by molar-refractivity contribution is 9.10. The highest BCUT2D eigenvalue weighted by Gasteiger charge is 2.10. The van der Waals surface area contributed by atoms with E-state index in [1.54, 1.807) is 12.1 Å². The first kappa shape index (κ1) is 16.2. The van der Waals surface area contributed by atoms with Crippen LogP contribution in [0.1, 0.15) is 30.9 Å². The smallest absolute Gasteiger partial charge is 0.123 e. The fraction of sp³-hybridized carbons (Fsp3) is 0.438. The predicted octanol–water partition coefficient (Wildman–Crippen LogP) is 3.89. The van der Waals surface area contributed by atoms with E-state index in [0.29, 0.717) is 12.5 Å². The van der Waals surface area contributed by atoms with Crippen LogP contribution in [0.5, 0.6) is 0 Å². The lowest BCUT2D eigenvalue weighted by atomic mass is 10.2. The number of halogens is 2. The lowest BCUT2D eigenvalue weighted by Gasteiger charge is -2.13. The van der Waals surface area contributed by atoms with Crippen molar-refractivity contribution in [2.75, 3.05) is 6.54 Å². The average molecular weight is 354 g/mol. The second-order valence-corrected chi connectivity index (χ2v) is 6.50. The molecule has 5 heteroatoms. The van der Waals surface area contributed by atoms with Gasteiger partial charge in [-0.1, -0.05) is 29.8 Å². The molecule has 2 aromatic rings. The van der Waals surface area contributed by atoms with Crippen LogP contribution >= 0.6 is 15.9 Å². The summed E-state index contributed by atoms with van der Waals surface area (Å²) in [7, 11) is 0. The summed E-state index contributed by atoms with van der Waals surface area (Å²) in [6.07, 6.45) is 1.88. The Kier molecular flexibility index (Phi) is 5.53. The summed E-state index contributed by atoms with van der Waals surface area (Å²) in [5.41, 5.74) is 2.03. The van der Waals surface area contributed by atoms with Gasteiger partial charge in [-0.3, -0.25) is 0 Å². The number of hydrogen-bond acceptors (Lipinski definition) is 2. The van der Waals surface area contributed by atoms with Crippen LogP contribution in [0.15, 0.2) is 28.9 Å². The minimum absolute atomic E-state index is 0.217. The van der Waals surface area contributed by atoms with E-state index in [4.69, 9.17) is 0 Å². The molecular weight excluding hydrogens is 333 g/mol. The molecule has 0 saturated heterocycles. The number of aryl methyl sites for hydroxylation is 1. The van der Waals surface area contributed by atoms with Crippen molar-refractivity contribution >= 4 is 15.9 Å². The monoisotopic (exact) mass is 353 g/mol. The molecule has 0 saturated carbocycles. The van der Waals surface area contributed by atoms with E-state index < -0.39 is 0 Å². The molecule has 0 spiro atoms. The van der Waals surface area contributed by atoms with Gasteiger partial charge in [0.25, 0.3) is 0 Å². The van der Waals surface area contributed by atoms with Crippen LogP contribution in [-0.4, -0.2) is 16.1 Å². The van der Waals surface area contributed by atoms with Crippen molar-refractivity contribution < 1.29 is 4.39 Å². The first-order valence-electron chi connectivity index (χ1n) is 7.13. The fourth-order valence-corrected chi connectivity index (χ4v) is 2.57. The molecule has 114 valence electrons. The molecule has 0 radical (unpaired) electrons. The Bertz CT molecular complexity index is 608. The van der Waals surface area contributed by atoms with Crippen LogP contribution in [-0.2, 0) is 13.1 Å². The molecule has 2 rings (SSSR count). The van der Waals surface area contributed by atoms with Gasteiger partial charge < -0.3 is 9.88 Å². The molecule has 1 heterocycles. The molecule has 0 amide bonds. The SMILES string of the molecule is Cc1ncc(CNCC(C)C)n1Cc1cc(F)ccc1Br. The molecule has 0 aliphatic carbocycles. The molecule has 0 atom stereocenters. The average Bonchev–Trinajstić information content (AvgIpc) is 2.75. The third kappa shape index (κ3) is 4.38. The van der Waals surface area contributed by atoms with Crippen LogP contribution in [0.3, 0.4) is 0 Å². The maximum atomic E-state index is 13.4. The molecule has 0 aliphatic rings. The van der Waals surface area contributed by atoms with Crippen molar-refractivity contribution in [2.24, 2.45) is 5.92 Å². The number of aromatic nitrogens is 2. The quantitative estimate of drug-likeness (QED) is 0.853. The maximum Gasteiger partial charge on any atom is 0.123 e. The minimum Gasteiger partial charge on any atom is -0.327 e. The molecule has 1 aromatic heterocycles. The lowest BCUT2D eigenvalue weighted by molar-refractivity contribution is 0.537. The lowest BCUT2D eigenvalue weighted by Crippen LogP contribution is -2.21. The van der Waals surface area contributed by atoms with Gasteiger partial charge in [-0.15, -0.1) is 0 Å². The third-order valence-corrected chi connectivity index (χ3v) is 4.11. The molecule has 3 nitrogen and oxygen atoms in total. The van der Waals surface area contributed by atoms with Crippen molar-refractivity contribution in [3.05, 3.63) is 51.8 Å². The van der Waals surface area contributed by atoms with Gasteiger partial charge in [-0.2, -0.15) is 0 Å². The van der Waals surface area contributed by atoms with Crippen molar-refractivity contribution in [1.82, 2.24) is 14.9 Å². The summed E-state index contributed by atoms with van der Waals surface area (Å²) in [4.78, 5) is 4.38. The van der Waals surface area contributed by atoms with Crippen molar-refractivity contribution in [2.45, 2.75) is 33.9 Å². The number of imidazole rings is 1. The van der Waals surface area contributed by atoms with Crippen LogP contribution in [0.25, 0.3) is 0 Å². The Morgan fingerprint density at radius 1 is 1.38 bits per heavy atom. The van der Waals surface area contributed by atoms with Crippen LogP contribution in [0.2, 0.25) is 0 Å². The van der Waals surface area contributed by atoms with Gasteiger partial charge in [0.2, 0.25) is 0 Å². The summed E-state index contributed by atoms with van der Waals surface area (Å²) in [6, 6.07) is 4.77. The highest BCUT2D eigenvalue weighted by Crippen LogP contribution is 2.20. The topological polar surface area (TPSA) is 29.9 Å². The Balaban J connectivity index is 2.15. The van der Waals surface area contributed by atoms with E-state index in [2.05, 4.69) is 44.6 Å². The van der Waals surface area contributed by atoms with E-state index >= 15 is 0 Å². The zero-order valence-corrected chi connectivity index (χ0v) is 14.2. The van der Waals surface area contributed by atoms with E-state index in [-0.39, 0.29) is 5.82 Å². The van der Waals surface area contributed by atoms with Crippen LogP contribution in [0, 0.1) is 18.7 Å². The summed E-state index contributed by atoms with van der Waals surface area (Å²) in [6.45, 7) is 8.68. The van der Waals surface area contributed by atoms with Crippen LogP contribution in [0.4, 0.5) is 4.39 Å². The number of benzene rings is 1. The summed E-state index contributed by atoms with van der Waals surface area (Å²) in [5.74, 6) is 1.33. The Labute approximate surface area is 133 Å². The summed E-state index contributed by atoms with van der Waals surface area (Å²) >= 11 is 3.48. The van der Waals surface area contributed by atoms with Gasteiger partial charge in [0.15, 0.2) is 0 Å². The van der Waals surface area contributed by atoms with Crippen LogP contribution < -0.4 is 5.32 Å². The molecule has 21 heavy (non-hydrogen) atoms. The van der Waals surface area contributed by atoms with E-state index in [9.17, 15) is 4.39 Å². The number of hydrogen-bond donors (Lipinski definition) is 1. The zero-order valence-electron chi connectivity index (χ0n) is 12.7.